The van der Waals surface area contributed by atoms with E-state index in [2.05, 4.69) is 25.8 Å². The summed E-state index contributed by atoms with van der Waals surface area (Å²) >= 11 is 0. The summed E-state index contributed by atoms with van der Waals surface area (Å²) in [6.45, 7) is 7.82. The molecule has 17 heavy (non-hydrogen) atoms. The van der Waals surface area contributed by atoms with E-state index in [1.807, 2.05) is 0 Å². The van der Waals surface area contributed by atoms with Gasteiger partial charge in [-0.05, 0) is 44.3 Å². The Morgan fingerprint density at radius 3 is 2.35 bits per heavy atom. The average molecular weight is 240 g/mol. The summed E-state index contributed by atoms with van der Waals surface area (Å²) in [5.74, 6) is 2.37. The summed E-state index contributed by atoms with van der Waals surface area (Å²) in [5, 5.41) is 0. The number of nitrogens with zero attached hydrogens (tertiary/aromatic N) is 1. The van der Waals surface area contributed by atoms with Gasteiger partial charge in [0.15, 0.2) is 0 Å². The molecule has 2 nitrogen and oxygen atoms in total. The van der Waals surface area contributed by atoms with Crippen molar-refractivity contribution < 1.29 is 0 Å². The molecule has 1 rings (SSSR count). The minimum Gasteiger partial charge on any atom is -0.330 e. The molecule has 0 spiro atoms. The first-order valence-electron chi connectivity index (χ1n) is 7.52. The first-order valence-corrected chi connectivity index (χ1v) is 7.52. The summed E-state index contributed by atoms with van der Waals surface area (Å²) in [7, 11) is 2.26. The van der Waals surface area contributed by atoms with Gasteiger partial charge in [-0.25, -0.2) is 0 Å². The zero-order chi connectivity index (χ0) is 12.7. The highest BCUT2D eigenvalue weighted by Gasteiger charge is 2.16. The van der Waals surface area contributed by atoms with Crippen molar-refractivity contribution in [3.63, 3.8) is 0 Å². The van der Waals surface area contributed by atoms with Crippen molar-refractivity contribution in [3.05, 3.63) is 0 Å². The second-order valence-corrected chi connectivity index (χ2v) is 6.29. The van der Waals surface area contributed by atoms with E-state index in [9.17, 15) is 0 Å². The van der Waals surface area contributed by atoms with Gasteiger partial charge >= 0.3 is 0 Å². The molecule has 0 bridgehead atoms. The lowest BCUT2D eigenvalue weighted by Gasteiger charge is -2.28. The maximum absolute atomic E-state index is 5.83. The van der Waals surface area contributed by atoms with E-state index < -0.39 is 0 Å². The lowest BCUT2D eigenvalue weighted by atomic mass is 9.87. The first-order chi connectivity index (χ1) is 8.13. The molecule has 0 saturated heterocycles. The van der Waals surface area contributed by atoms with Crippen LogP contribution >= 0.6 is 0 Å². The Morgan fingerprint density at radius 1 is 1.18 bits per heavy atom. The summed E-state index contributed by atoms with van der Waals surface area (Å²) in [5.41, 5.74) is 5.83. The van der Waals surface area contributed by atoms with Crippen LogP contribution in [0.5, 0.6) is 0 Å². The van der Waals surface area contributed by atoms with Gasteiger partial charge in [-0.15, -0.1) is 0 Å². The predicted molar refractivity (Wildman–Crippen MR) is 76.1 cm³/mol. The van der Waals surface area contributed by atoms with E-state index >= 15 is 0 Å². The number of nitrogens with two attached hydrogens (primary N) is 1. The molecule has 2 heteroatoms. The van der Waals surface area contributed by atoms with Crippen LogP contribution in [0.25, 0.3) is 0 Å². The fraction of sp³-hybridized carbons (Fsp3) is 1.00. The van der Waals surface area contributed by atoms with Crippen LogP contribution in [0.4, 0.5) is 0 Å². The third kappa shape index (κ3) is 5.87. The molecular formula is C15H32N2. The average Bonchev–Trinajstić information content (AvgIpc) is 2.34. The Labute approximate surface area is 108 Å². The third-order valence-electron chi connectivity index (χ3n) is 4.44. The molecule has 1 unspecified atom stereocenters. The van der Waals surface area contributed by atoms with Crippen LogP contribution in [0.15, 0.2) is 0 Å². The van der Waals surface area contributed by atoms with Gasteiger partial charge < -0.3 is 10.6 Å². The van der Waals surface area contributed by atoms with Crippen molar-refractivity contribution in [3.8, 4) is 0 Å². The van der Waals surface area contributed by atoms with Crippen LogP contribution in [0, 0.1) is 17.8 Å². The lowest BCUT2D eigenvalue weighted by Crippen LogP contribution is -2.34. The molecule has 0 aromatic heterocycles. The molecule has 1 saturated carbocycles. The lowest BCUT2D eigenvalue weighted by molar-refractivity contribution is 0.215. The number of hydrogen-bond acceptors (Lipinski definition) is 2. The monoisotopic (exact) mass is 240 g/mol. The maximum Gasteiger partial charge on any atom is 0.00211 e. The van der Waals surface area contributed by atoms with Crippen molar-refractivity contribution in [2.45, 2.75) is 52.4 Å². The molecule has 1 aliphatic rings. The van der Waals surface area contributed by atoms with Gasteiger partial charge in [0.2, 0.25) is 0 Å². The Bertz CT molecular complexity index is 185. The Balaban J connectivity index is 2.17. The molecule has 0 radical (unpaired) electrons. The van der Waals surface area contributed by atoms with Crippen LogP contribution in [0.1, 0.15) is 52.4 Å². The number of rotatable bonds is 7. The van der Waals surface area contributed by atoms with Crippen LogP contribution in [-0.4, -0.2) is 31.6 Å². The minimum atomic E-state index is 0.659. The van der Waals surface area contributed by atoms with E-state index in [1.165, 1.54) is 51.6 Å². The second kappa shape index (κ2) is 8.10. The molecular weight excluding hydrogens is 208 g/mol. The highest BCUT2D eigenvalue weighted by Crippen LogP contribution is 2.26. The van der Waals surface area contributed by atoms with Gasteiger partial charge in [0.1, 0.15) is 0 Å². The molecule has 1 aliphatic carbocycles. The molecule has 0 aromatic rings. The normalized spacial score (nSPS) is 20.1. The molecule has 1 atom stereocenters. The Morgan fingerprint density at radius 2 is 1.82 bits per heavy atom. The van der Waals surface area contributed by atoms with E-state index in [0.29, 0.717) is 11.8 Å². The molecule has 0 amide bonds. The SMILES string of the molecule is CC(C)C(CN)CN(C)CCC1CCCCC1. The minimum absolute atomic E-state index is 0.659. The molecule has 102 valence electrons. The largest absolute Gasteiger partial charge is 0.330 e. The van der Waals surface area contributed by atoms with Gasteiger partial charge in [0.05, 0.1) is 0 Å². The van der Waals surface area contributed by atoms with Crippen molar-refractivity contribution >= 4 is 0 Å². The standard InChI is InChI=1S/C15H32N2/c1-13(2)15(11-16)12-17(3)10-9-14-7-5-4-6-8-14/h13-15H,4-12,16H2,1-3H3. The summed E-state index contributed by atoms with van der Waals surface area (Å²) in [4.78, 5) is 2.49. The summed E-state index contributed by atoms with van der Waals surface area (Å²) in [6, 6.07) is 0. The first kappa shape index (κ1) is 15.0. The molecule has 0 aromatic carbocycles. The van der Waals surface area contributed by atoms with Gasteiger partial charge in [-0.2, -0.15) is 0 Å². The van der Waals surface area contributed by atoms with Crippen molar-refractivity contribution in [1.29, 1.82) is 0 Å². The summed E-state index contributed by atoms with van der Waals surface area (Å²) in [6.07, 6.45) is 8.73. The summed E-state index contributed by atoms with van der Waals surface area (Å²) < 4.78 is 0. The van der Waals surface area contributed by atoms with E-state index in [-0.39, 0.29) is 0 Å². The third-order valence-corrected chi connectivity index (χ3v) is 4.44. The van der Waals surface area contributed by atoms with Crippen molar-refractivity contribution in [2.75, 3.05) is 26.7 Å². The molecule has 0 heterocycles. The zero-order valence-corrected chi connectivity index (χ0v) is 12.1. The Kier molecular flexibility index (Phi) is 7.14. The fourth-order valence-electron chi connectivity index (χ4n) is 2.93. The van der Waals surface area contributed by atoms with Crippen LogP contribution < -0.4 is 5.73 Å². The van der Waals surface area contributed by atoms with Gasteiger partial charge in [-0.1, -0.05) is 46.0 Å². The highest BCUT2D eigenvalue weighted by atomic mass is 15.1. The van der Waals surface area contributed by atoms with E-state index in [4.69, 9.17) is 5.73 Å². The highest BCUT2D eigenvalue weighted by molar-refractivity contribution is 4.71. The van der Waals surface area contributed by atoms with Crippen molar-refractivity contribution in [1.82, 2.24) is 4.90 Å². The fourth-order valence-corrected chi connectivity index (χ4v) is 2.93. The second-order valence-electron chi connectivity index (χ2n) is 6.29. The van der Waals surface area contributed by atoms with Gasteiger partial charge in [0, 0.05) is 6.54 Å². The van der Waals surface area contributed by atoms with Crippen LogP contribution in [-0.2, 0) is 0 Å². The van der Waals surface area contributed by atoms with E-state index in [0.717, 1.165) is 12.5 Å². The molecule has 1 fully saturated rings. The topological polar surface area (TPSA) is 29.3 Å². The van der Waals surface area contributed by atoms with Gasteiger partial charge in [-0.3, -0.25) is 0 Å². The van der Waals surface area contributed by atoms with Gasteiger partial charge in [0.25, 0.3) is 0 Å². The van der Waals surface area contributed by atoms with Crippen molar-refractivity contribution in [2.24, 2.45) is 23.5 Å². The quantitative estimate of drug-likeness (QED) is 0.741. The molecule has 2 N–H and O–H groups in total. The number of hydrogen-bond donors (Lipinski definition) is 1. The van der Waals surface area contributed by atoms with Crippen LogP contribution in [0.2, 0.25) is 0 Å². The smallest absolute Gasteiger partial charge is 0.00211 e. The van der Waals surface area contributed by atoms with Crippen LogP contribution in [0.3, 0.4) is 0 Å². The zero-order valence-electron chi connectivity index (χ0n) is 12.1. The maximum atomic E-state index is 5.83. The predicted octanol–water partition coefficient (Wildman–Crippen LogP) is 3.12. The molecule has 0 aliphatic heterocycles. The Hall–Kier alpha value is -0.0800. The van der Waals surface area contributed by atoms with E-state index in [1.54, 1.807) is 0 Å².